The van der Waals surface area contributed by atoms with E-state index in [1.54, 1.807) is 0 Å². The van der Waals surface area contributed by atoms with Crippen LogP contribution in [0.1, 0.15) is 46.0 Å². The third kappa shape index (κ3) is 7.77. The van der Waals surface area contributed by atoms with E-state index in [1.807, 2.05) is 41.5 Å². The zero-order valence-electron chi connectivity index (χ0n) is 10.7. The normalized spacial score (nSPS) is 19.1. The van der Waals surface area contributed by atoms with Gasteiger partial charge in [0.2, 0.25) is 0 Å². The predicted octanol–water partition coefficient (Wildman–Crippen LogP) is 4.21. The van der Waals surface area contributed by atoms with Crippen molar-refractivity contribution >= 4 is 27.6 Å². The fourth-order valence-electron chi connectivity index (χ4n) is 1.58. The van der Waals surface area contributed by atoms with Crippen molar-refractivity contribution in [2.45, 2.75) is 51.2 Å². The summed E-state index contributed by atoms with van der Waals surface area (Å²) in [6.45, 7) is 4.44. The average Bonchev–Trinajstić information content (AvgIpc) is 2.76. The summed E-state index contributed by atoms with van der Waals surface area (Å²) >= 11 is 0. The highest BCUT2D eigenvalue weighted by atomic mass is 33.1. The van der Waals surface area contributed by atoms with Crippen LogP contribution < -0.4 is 0 Å². The summed E-state index contributed by atoms with van der Waals surface area (Å²) in [5.74, 6) is 1.23. The summed E-state index contributed by atoms with van der Waals surface area (Å²) < 4.78 is 5.10. The maximum atomic E-state index is 11.4. The van der Waals surface area contributed by atoms with Crippen molar-refractivity contribution in [3.63, 3.8) is 0 Å². The van der Waals surface area contributed by atoms with Gasteiger partial charge in [0.1, 0.15) is 6.61 Å². The van der Waals surface area contributed by atoms with Crippen molar-refractivity contribution in [2.24, 2.45) is 0 Å². The van der Waals surface area contributed by atoms with Crippen LogP contribution in [0.15, 0.2) is 11.6 Å². The van der Waals surface area contributed by atoms with Gasteiger partial charge >= 0.3 is 5.97 Å². The van der Waals surface area contributed by atoms with Crippen molar-refractivity contribution in [3.8, 4) is 0 Å². The van der Waals surface area contributed by atoms with Gasteiger partial charge in [-0.1, -0.05) is 33.6 Å². The smallest absolute Gasteiger partial charge is 0.306 e. The third-order valence-electron chi connectivity index (χ3n) is 2.62. The molecule has 1 aliphatic rings. The van der Waals surface area contributed by atoms with Gasteiger partial charge in [-0.25, -0.2) is 0 Å². The Balaban J connectivity index is 1.94. The largest absolute Gasteiger partial charge is 0.461 e. The fraction of sp³-hybridized carbons (Fsp3) is 0.769. The van der Waals surface area contributed by atoms with Gasteiger partial charge in [-0.2, -0.15) is 0 Å². The summed E-state index contributed by atoms with van der Waals surface area (Å²) in [5.41, 5.74) is 1.19. The number of unbranched alkanes of at least 4 members (excludes halogenated alkanes) is 1. The lowest BCUT2D eigenvalue weighted by Gasteiger charge is -2.06. The van der Waals surface area contributed by atoms with E-state index in [2.05, 4.69) is 0 Å². The van der Waals surface area contributed by atoms with Gasteiger partial charge in [-0.3, -0.25) is 4.79 Å². The molecule has 0 radical (unpaired) electrons. The van der Waals surface area contributed by atoms with Gasteiger partial charge in [0.05, 0.1) is 0 Å². The number of esters is 1. The first-order valence-corrected chi connectivity index (χ1v) is 8.64. The van der Waals surface area contributed by atoms with Crippen LogP contribution >= 0.6 is 21.6 Å². The lowest BCUT2D eigenvalue weighted by atomic mass is 10.1. The molecule has 1 rings (SSSR count). The van der Waals surface area contributed by atoms with Crippen LogP contribution in [0.4, 0.5) is 0 Å². The van der Waals surface area contributed by atoms with E-state index >= 15 is 0 Å². The Morgan fingerprint density at radius 2 is 2.24 bits per heavy atom. The molecular formula is C13H22O2S2. The number of ether oxygens (including phenoxy) is 1. The maximum Gasteiger partial charge on any atom is 0.306 e. The lowest BCUT2D eigenvalue weighted by Crippen LogP contribution is -2.05. The van der Waals surface area contributed by atoms with E-state index < -0.39 is 0 Å². The highest BCUT2D eigenvalue weighted by molar-refractivity contribution is 8.77. The van der Waals surface area contributed by atoms with Crippen molar-refractivity contribution in [1.29, 1.82) is 0 Å². The third-order valence-corrected chi connectivity index (χ3v) is 5.63. The molecule has 2 nitrogen and oxygen atoms in total. The molecule has 0 spiro atoms. The number of rotatable bonds is 7. The van der Waals surface area contributed by atoms with E-state index in [-0.39, 0.29) is 5.97 Å². The number of carbonyl (C=O) groups excluding carboxylic acids is 1. The summed E-state index contributed by atoms with van der Waals surface area (Å²) in [7, 11) is 3.99. The van der Waals surface area contributed by atoms with Crippen LogP contribution in [0, 0.1) is 0 Å². The minimum atomic E-state index is -0.0593. The molecular weight excluding hydrogens is 252 g/mol. The fourth-order valence-corrected chi connectivity index (χ4v) is 4.61. The topological polar surface area (TPSA) is 26.3 Å². The predicted molar refractivity (Wildman–Crippen MR) is 77.3 cm³/mol. The molecule has 4 heteroatoms. The summed E-state index contributed by atoms with van der Waals surface area (Å²) in [5, 5.41) is 0.821. The highest BCUT2D eigenvalue weighted by Gasteiger charge is 2.15. The van der Waals surface area contributed by atoms with Crippen molar-refractivity contribution in [3.05, 3.63) is 11.6 Å². The minimum absolute atomic E-state index is 0.0593. The van der Waals surface area contributed by atoms with E-state index in [4.69, 9.17) is 4.74 Å². The van der Waals surface area contributed by atoms with Gasteiger partial charge in [0.15, 0.2) is 0 Å². The van der Waals surface area contributed by atoms with E-state index in [9.17, 15) is 4.79 Å². The Morgan fingerprint density at radius 3 is 2.88 bits per heavy atom. The number of carbonyl (C=O) groups is 1. The van der Waals surface area contributed by atoms with Gasteiger partial charge in [-0.05, 0) is 39.2 Å². The Hall–Kier alpha value is -0.0900. The van der Waals surface area contributed by atoms with Crippen molar-refractivity contribution in [1.82, 2.24) is 0 Å². The number of hydrogen-bond donors (Lipinski definition) is 0. The first-order chi connectivity index (χ1) is 8.18. The van der Waals surface area contributed by atoms with Gasteiger partial charge in [-0.15, -0.1) is 0 Å². The molecule has 98 valence electrons. The van der Waals surface area contributed by atoms with Gasteiger partial charge in [0.25, 0.3) is 0 Å². The minimum Gasteiger partial charge on any atom is -0.461 e. The van der Waals surface area contributed by atoms with E-state index in [0.717, 1.165) is 18.1 Å². The Morgan fingerprint density at radius 1 is 1.41 bits per heavy atom. The summed E-state index contributed by atoms with van der Waals surface area (Å²) in [6, 6.07) is 0. The van der Waals surface area contributed by atoms with Gasteiger partial charge < -0.3 is 4.74 Å². The second kappa shape index (κ2) is 8.92. The molecule has 0 saturated carbocycles. The molecule has 1 fully saturated rings. The Kier molecular flexibility index (Phi) is 7.86. The molecule has 1 aliphatic heterocycles. The molecule has 0 amide bonds. The number of hydrogen-bond acceptors (Lipinski definition) is 4. The van der Waals surface area contributed by atoms with Crippen LogP contribution in [-0.2, 0) is 9.53 Å². The zero-order chi connectivity index (χ0) is 12.5. The maximum absolute atomic E-state index is 11.4. The second-order valence-corrected chi connectivity index (χ2v) is 7.33. The van der Waals surface area contributed by atoms with Gasteiger partial charge in [0, 0.05) is 17.4 Å². The van der Waals surface area contributed by atoms with E-state index in [0.29, 0.717) is 13.0 Å². The van der Waals surface area contributed by atoms with Crippen molar-refractivity contribution < 1.29 is 9.53 Å². The summed E-state index contributed by atoms with van der Waals surface area (Å²) in [6.07, 6.45) is 7.20. The lowest BCUT2D eigenvalue weighted by molar-refractivity contribution is -0.142. The first-order valence-electron chi connectivity index (χ1n) is 6.25. The Labute approximate surface area is 112 Å². The SMILES string of the molecule is CC(C)=CCOC(=O)CCCCC1CCSS1. The molecule has 1 saturated heterocycles. The van der Waals surface area contributed by atoms with Crippen LogP contribution in [0.2, 0.25) is 0 Å². The highest BCUT2D eigenvalue weighted by Crippen LogP contribution is 2.39. The molecule has 0 aliphatic carbocycles. The van der Waals surface area contributed by atoms with E-state index in [1.165, 1.54) is 24.2 Å². The van der Waals surface area contributed by atoms with Crippen LogP contribution in [0.3, 0.4) is 0 Å². The average molecular weight is 274 g/mol. The van der Waals surface area contributed by atoms with Crippen LogP contribution in [0.5, 0.6) is 0 Å². The quantitative estimate of drug-likeness (QED) is 0.301. The summed E-state index contributed by atoms with van der Waals surface area (Å²) in [4.78, 5) is 11.4. The molecule has 0 bridgehead atoms. The molecule has 1 unspecified atom stereocenters. The van der Waals surface area contributed by atoms with Crippen molar-refractivity contribution in [2.75, 3.05) is 12.4 Å². The first kappa shape index (κ1) is 15.0. The molecule has 0 aromatic rings. The molecule has 1 atom stereocenters. The monoisotopic (exact) mass is 274 g/mol. The molecule has 0 aromatic heterocycles. The molecule has 1 heterocycles. The molecule has 0 N–H and O–H groups in total. The number of allylic oxidation sites excluding steroid dienone is 1. The van der Waals surface area contributed by atoms with Crippen LogP contribution in [-0.4, -0.2) is 23.6 Å². The second-order valence-electron chi connectivity index (χ2n) is 4.54. The zero-order valence-corrected chi connectivity index (χ0v) is 12.4. The standard InChI is InChI=1S/C13H22O2S2/c1-11(2)7-9-15-13(14)6-4-3-5-12-8-10-16-17-12/h7,12H,3-6,8-10H2,1-2H3. The molecule has 0 aromatic carbocycles. The molecule has 17 heavy (non-hydrogen) atoms. The van der Waals surface area contributed by atoms with Crippen LogP contribution in [0.25, 0.3) is 0 Å². The Bertz CT molecular complexity index is 254.